The topological polar surface area (TPSA) is 69.7 Å². The Hall–Kier alpha value is -1.40. The number of hydrogen-bond acceptors (Lipinski definition) is 5. The average molecular weight is 283 g/mol. The highest BCUT2D eigenvalue weighted by atomic mass is 35.5. The van der Waals surface area contributed by atoms with Gasteiger partial charge in [0.25, 0.3) is 0 Å². The summed E-state index contributed by atoms with van der Waals surface area (Å²) in [5, 5.41) is 3.50. The molecule has 104 valence electrons. The Morgan fingerprint density at radius 3 is 2.84 bits per heavy atom. The van der Waals surface area contributed by atoms with Crippen molar-refractivity contribution in [1.82, 2.24) is 24.8 Å². The van der Waals surface area contributed by atoms with E-state index >= 15 is 0 Å². The largest absolute Gasteiger partial charge is 0.368 e. The zero-order valence-corrected chi connectivity index (χ0v) is 12.0. The second-order valence-corrected chi connectivity index (χ2v) is 4.59. The predicted molar refractivity (Wildman–Crippen MR) is 77.6 cm³/mol. The number of rotatable bonds is 7. The molecule has 0 amide bonds. The number of aromatic nitrogens is 4. The molecule has 7 heteroatoms. The molecule has 6 nitrogen and oxygen atoms in total. The van der Waals surface area contributed by atoms with Crippen molar-refractivity contribution in [2.45, 2.75) is 20.3 Å². The maximum atomic E-state index is 5.86. The third kappa shape index (κ3) is 3.54. The van der Waals surface area contributed by atoms with Gasteiger partial charge in [0, 0.05) is 6.54 Å². The normalized spacial score (nSPS) is 11.4. The monoisotopic (exact) mass is 282 g/mol. The average Bonchev–Trinajstić information content (AvgIpc) is 2.86. The van der Waals surface area contributed by atoms with E-state index in [1.165, 1.54) is 0 Å². The number of nitrogens with one attached hydrogen (secondary N) is 2. The highest BCUT2D eigenvalue weighted by Gasteiger charge is 2.08. The first-order valence-electron chi connectivity index (χ1n) is 6.57. The predicted octanol–water partition coefficient (Wildman–Crippen LogP) is 2.15. The van der Waals surface area contributed by atoms with Crippen LogP contribution in [0.2, 0.25) is 5.28 Å². The molecule has 0 unspecified atom stereocenters. The molecule has 2 rings (SSSR count). The van der Waals surface area contributed by atoms with E-state index in [0.717, 1.165) is 38.1 Å². The molecule has 0 atom stereocenters. The maximum Gasteiger partial charge on any atom is 0.226 e. The summed E-state index contributed by atoms with van der Waals surface area (Å²) in [4.78, 5) is 17.7. The summed E-state index contributed by atoms with van der Waals surface area (Å²) in [6.07, 6.45) is 2.65. The van der Waals surface area contributed by atoms with E-state index in [9.17, 15) is 0 Å². The highest BCUT2D eigenvalue weighted by molar-refractivity contribution is 6.28. The number of fused-ring (bicyclic) bond motifs is 1. The molecule has 0 saturated carbocycles. The van der Waals surface area contributed by atoms with Crippen molar-refractivity contribution in [3.63, 3.8) is 0 Å². The van der Waals surface area contributed by atoms with Gasteiger partial charge in [0.2, 0.25) is 5.28 Å². The fraction of sp³-hybridized carbons (Fsp3) is 0.583. The van der Waals surface area contributed by atoms with Crippen LogP contribution in [0.4, 0.5) is 5.82 Å². The lowest BCUT2D eigenvalue weighted by atomic mass is 10.3. The quantitative estimate of drug-likeness (QED) is 0.601. The van der Waals surface area contributed by atoms with Gasteiger partial charge in [-0.1, -0.05) is 13.8 Å². The van der Waals surface area contributed by atoms with Crippen LogP contribution in [0.15, 0.2) is 6.33 Å². The molecule has 2 aromatic heterocycles. The van der Waals surface area contributed by atoms with Crippen LogP contribution in [0, 0.1) is 0 Å². The van der Waals surface area contributed by atoms with E-state index in [1.807, 2.05) is 0 Å². The summed E-state index contributed by atoms with van der Waals surface area (Å²) in [6.45, 7) is 8.44. The number of hydrogen-bond donors (Lipinski definition) is 2. The highest BCUT2D eigenvalue weighted by Crippen LogP contribution is 2.18. The SMILES string of the molecule is CCN(CC)CCCNc1nc(Cl)nc2nc[nH]c12. The van der Waals surface area contributed by atoms with Crippen LogP contribution in [0.25, 0.3) is 11.2 Å². The summed E-state index contributed by atoms with van der Waals surface area (Å²) in [6, 6.07) is 0. The minimum Gasteiger partial charge on any atom is -0.368 e. The minimum absolute atomic E-state index is 0.214. The van der Waals surface area contributed by atoms with Gasteiger partial charge >= 0.3 is 0 Å². The molecule has 0 saturated heterocycles. The number of imidazole rings is 1. The molecule has 0 aliphatic carbocycles. The molecule has 2 heterocycles. The lowest BCUT2D eigenvalue weighted by Gasteiger charge is -2.17. The van der Waals surface area contributed by atoms with Crippen molar-refractivity contribution in [3.8, 4) is 0 Å². The number of nitrogens with zero attached hydrogens (tertiary/aromatic N) is 4. The van der Waals surface area contributed by atoms with Gasteiger partial charge < -0.3 is 15.2 Å². The Bertz CT molecular complexity index is 522. The van der Waals surface area contributed by atoms with Gasteiger partial charge in [-0.15, -0.1) is 0 Å². The summed E-state index contributed by atoms with van der Waals surface area (Å²) >= 11 is 5.86. The zero-order chi connectivity index (χ0) is 13.7. The number of aromatic amines is 1. The summed E-state index contributed by atoms with van der Waals surface area (Å²) in [5.74, 6) is 0.715. The van der Waals surface area contributed by atoms with Gasteiger partial charge in [0.1, 0.15) is 5.52 Å². The van der Waals surface area contributed by atoms with E-state index in [2.05, 4.69) is 44.0 Å². The molecule has 0 aliphatic rings. The first-order chi connectivity index (χ1) is 9.24. The first kappa shape index (κ1) is 14.0. The van der Waals surface area contributed by atoms with Crippen LogP contribution in [0.1, 0.15) is 20.3 Å². The zero-order valence-electron chi connectivity index (χ0n) is 11.3. The van der Waals surface area contributed by atoms with E-state index in [0.29, 0.717) is 11.5 Å². The van der Waals surface area contributed by atoms with Gasteiger partial charge in [0.05, 0.1) is 6.33 Å². The number of anilines is 1. The Morgan fingerprint density at radius 1 is 1.32 bits per heavy atom. The van der Waals surface area contributed by atoms with Crippen LogP contribution in [-0.2, 0) is 0 Å². The van der Waals surface area contributed by atoms with Crippen LogP contribution in [0.3, 0.4) is 0 Å². The molecule has 0 aliphatic heterocycles. The molecule has 0 spiro atoms. The number of halogens is 1. The van der Waals surface area contributed by atoms with E-state index < -0.39 is 0 Å². The van der Waals surface area contributed by atoms with Crippen LogP contribution in [-0.4, -0.2) is 51.0 Å². The summed E-state index contributed by atoms with van der Waals surface area (Å²) in [7, 11) is 0. The van der Waals surface area contributed by atoms with Crippen molar-refractivity contribution in [2.75, 3.05) is 31.5 Å². The minimum atomic E-state index is 0.214. The fourth-order valence-corrected chi connectivity index (χ4v) is 2.15. The van der Waals surface area contributed by atoms with Crippen molar-refractivity contribution in [2.24, 2.45) is 0 Å². The molecule has 0 aromatic carbocycles. The maximum absolute atomic E-state index is 5.86. The van der Waals surface area contributed by atoms with Crippen molar-refractivity contribution >= 4 is 28.6 Å². The molecule has 0 bridgehead atoms. The summed E-state index contributed by atoms with van der Waals surface area (Å²) in [5.41, 5.74) is 1.39. The van der Waals surface area contributed by atoms with E-state index in [4.69, 9.17) is 11.6 Å². The molecule has 0 radical (unpaired) electrons. The lowest BCUT2D eigenvalue weighted by molar-refractivity contribution is 0.303. The fourth-order valence-electron chi connectivity index (χ4n) is 1.98. The molecule has 0 fully saturated rings. The molecule has 19 heavy (non-hydrogen) atoms. The summed E-state index contributed by atoms with van der Waals surface area (Å²) < 4.78 is 0. The van der Waals surface area contributed by atoms with E-state index in [-0.39, 0.29) is 5.28 Å². The van der Waals surface area contributed by atoms with Gasteiger partial charge in [0.15, 0.2) is 11.5 Å². The van der Waals surface area contributed by atoms with Gasteiger partial charge in [-0.2, -0.15) is 9.97 Å². The second-order valence-electron chi connectivity index (χ2n) is 4.25. The van der Waals surface area contributed by atoms with Gasteiger partial charge in [-0.3, -0.25) is 0 Å². The third-order valence-corrected chi connectivity index (χ3v) is 3.27. The van der Waals surface area contributed by atoms with E-state index in [1.54, 1.807) is 6.33 Å². The van der Waals surface area contributed by atoms with Crippen LogP contribution in [0.5, 0.6) is 0 Å². The first-order valence-corrected chi connectivity index (χ1v) is 6.95. The third-order valence-electron chi connectivity index (χ3n) is 3.10. The van der Waals surface area contributed by atoms with Crippen LogP contribution < -0.4 is 5.32 Å². The molecular formula is C12H19ClN6. The molecular weight excluding hydrogens is 264 g/mol. The van der Waals surface area contributed by atoms with Crippen molar-refractivity contribution in [3.05, 3.63) is 11.6 Å². The van der Waals surface area contributed by atoms with Gasteiger partial charge in [-0.25, -0.2) is 4.98 Å². The Morgan fingerprint density at radius 2 is 2.11 bits per heavy atom. The molecule has 2 aromatic rings. The Balaban J connectivity index is 1.92. The van der Waals surface area contributed by atoms with Gasteiger partial charge in [-0.05, 0) is 37.7 Å². The van der Waals surface area contributed by atoms with Crippen LogP contribution >= 0.6 is 11.6 Å². The molecule has 2 N–H and O–H groups in total. The second kappa shape index (κ2) is 6.68. The smallest absolute Gasteiger partial charge is 0.226 e. The Labute approximate surface area is 117 Å². The Kier molecular flexibility index (Phi) is 4.93. The van der Waals surface area contributed by atoms with Crippen molar-refractivity contribution in [1.29, 1.82) is 0 Å². The lowest BCUT2D eigenvalue weighted by Crippen LogP contribution is -2.25. The standard InChI is InChI=1S/C12H19ClN6/c1-3-19(4-2)7-5-6-14-10-9-11(16-8-15-9)18-12(13)17-10/h8H,3-7H2,1-2H3,(H2,14,15,16,17,18). The van der Waals surface area contributed by atoms with Crippen molar-refractivity contribution < 1.29 is 0 Å². The number of H-pyrrole nitrogens is 1.